The van der Waals surface area contributed by atoms with Crippen LogP contribution in [0.25, 0.3) is 0 Å². The first kappa shape index (κ1) is 16.8. The van der Waals surface area contributed by atoms with Gasteiger partial charge in [0.05, 0.1) is 17.7 Å². The van der Waals surface area contributed by atoms with E-state index in [2.05, 4.69) is 15.7 Å². The Morgan fingerprint density at radius 3 is 2.75 bits per heavy atom. The van der Waals surface area contributed by atoms with E-state index in [0.717, 1.165) is 37.8 Å². The number of ether oxygens (including phenoxy) is 1. The summed E-state index contributed by atoms with van der Waals surface area (Å²) in [7, 11) is 1.65. The third kappa shape index (κ3) is 4.28. The van der Waals surface area contributed by atoms with Gasteiger partial charge in [0.15, 0.2) is 5.13 Å². The molecule has 0 spiro atoms. The minimum atomic E-state index is 0.117. The second-order valence-electron chi connectivity index (χ2n) is 4.85. The van der Waals surface area contributed by atoms with Crippen molar-refractivity contribution in [3.05, 3.63) is 51.7 Å². The third-order valence-electron chi connectivity index (χ3n) is 3.12. The predicted octanol–water partition coefficient (Wildman–Crippen LogP) is 4.53. The number of thiazole rings is 1. The first-order valence-corrected chi connectivity index (χ1v) is 9.80. The average molecular weight is 377 g/mol. The number of amidine groups is 1. The number of aromatic nitrogens is 1. The monoisotopic (exact) mass is 376 g/mol. The van der Waals surface area contributed by atoms with Gasteiger partial charge in [-0.15, -0.1) is 34.4 Å². The Hall–Kier alpha value is -2.03. The number of rotatable bonds is 7. The molecule has 5 nitrogen and oxygen atoms in total. The molecule has 124 valence electrons. The van der Waals surface area contributed by atoms with Crippen molar-refractivity contribution in [1.29, 1.82) is 5.41 Å². The summed E-state index contributed by atoms with van der Waals surface area (Å²) < 4.78 is 5.15. The van der Waals surface area contributed by atoms with Crippen LogP contribution >= 0.6 is 34.4 Å². The fourth-order valence-electron chi connectivity index (χ4n) is 1.92. The van der Waals surface area contributed by atoms with Crippen molar-refractivity contribution >= 4 is 51.1 Å². The van der Waals surface area contributed by atoms with Gasteiger partial charge in [-0.05, 0) is 30.3 Å². The quantitative estimate of drug-likeness (QED) is 0.320. The fraction of sp³-hybridized carbons (Fsp3) is 0.125. The maximum absolute atomic E-state index is 7.43. The Morgan fingerprint density at radius 2 is 2.08 bits per heavy atom. The molecule has 0 aliphatic rings. The molecule has 0 aliphatic heterocycles. The average Bonchev–Trinajstić information content (AvgIpc) is 3.23. The molecule has 2 heterocycles. The summed E-state index contributed by atoms with van der Waals surface area (Å²) in [6, 6.07) is 9.69. The van der Waals surface area contributed by atoms with Gasteiger partial charge >= 0.3 is 0 Å². The number of anilines is 2. The van der Waals surface area contributed by atoms with Crippen molar-refractivity contribution < 1.29 is 4.74 Å². The van der Waals surface area contributed by atoms with Crippen LogP contribution in [0.5, 0.6) is 5.75 Å². The minimum absolute atomic E-state index is 0.117. The van der Waals surface area contributed by atoms with Crippen molar-refractivity contribution in [2.75, 3.05) is 12.4 Å². The summed E-state index contributed by atoms with van der Waals surface area (Å²) in [5.41, 5.74) is 7.49. The molecule has 3 rings (SSSR count). The first-order chi connectivity index (χ1) is 11.6. The van der Waals surface area contributed by atoms with Crippen LogP contribution in [0.2, 0.25) is 0 Å². The molecule has 0 aliphatic carbocycles. The van der Waals surface area contributed by atoms with Gasteiger partial charge in [0, 0.05) is 27.1 Å². The lowest BCUT2D eigenvalue weighted by atomic mass is 10.3. The van der Waals surface area contributed by atoms with Gasteiger partial charge in [0.25, 0.3) is 0 Å². The summed E-state index contributed by atoms with van der Waals surface area (Å²) in [6.45, 7) is 0. The van der Waals surface area contributed by atoms with E-state index in [0.29, 0.717) is 0 Å². The summed E-state index contributed by atoms with van der Waals surface area (Å²) >= 11 is 4.77. The molecule has 0 unspecified atom stereocenters. The Morgan fingerprint density at radius 1 is 1.29 bits per heavy atom. The van der Waals surface area contributed by atoms with Gasteiger partial charge in [0.1, 0.15) is 11.6 Å². The topological polar surface area (TPSA) is 84.0 Å². The maximum Gasteiger partial charge on any atom is 0.187 e. The van der Waals surface area contributed by atoms with Crippen molar-refractivity contribution in [1.82, 2.24) is 4.98 Å². The number of hydrogen-bond donors (Lipinski definition) is 3. The van der Waals surface area contributed by atoms with Crippen LogP contribution in [0.4, 0.5) is 10.8 Å². The summed E-state index contributed by atoms with van der Waals surface area (Å²) in [6.07, 6.45) is 0. The zero-order valence-electron chi connectivity index (χ0n) is 12.9. The Kier molecular flexibility index (Phi) is 5.39. The summed E-state index contributed by atoms with van der Waals surface area (Å²) in [5, 5.41) is 15.7. The molecule has 3 aromatic rings. The Labute approximate surface area is 152 Å². The van der Waals surface area contributed by atoms with Gasteiger partial charge in [-0.25, -0.2) is 4.98 Å². The van der Waals surface area contributed by atoms with Gasteiger partial charge in [0.2, 0.25) is 0 Å². The number of nitrogen functional groups attached to an aromatic ring is 1. The molecule has 2 aromatic heterocycles. The van der Waals surface area contributed by atoms with E-state index < -0.39 is 0 Å². The molecule has 0 radical (unpaired) electrons. The lowest BCUT2D eigenvalue weighted by Gasteiger charge is -2.03. The highest BCUT2D eigenvalue weighted by molar-refractivity contribution is 7.98. The van der Waals surface area contributed by atoms with Crippen LogP contribution in [0.3, 0.4) is 0 Å². The minimum Gasteiger partial charge on any atom is -0.497 e. The summed E-state index contributed by atoms with van der Waals surface area (Å²) in [4.78, 5) is 6.51. The van der Waals surface area contributed by atoms with E-state index in [1.165, 1.54) is 11.3 Å². The first-order valence-electron chi connectivity index (χ1n) is 7.05. The SMILES string of the molecule is COc1ccc(Nc2nc(CSc3csc(C(=N)N)c3)cs2)cc1. The van der Waals surface area contributed by atoms with Gasteiger partial charge < -0.3 is 15.8 Å². The van der Waals surface area contributed by atoms with Crippen LogP contribution in [0.15, 0.2) is 46.0 Å². The van der Waals surface area contributed by atoms with Crippen LogP contribution in [0.1, 0.15) is 10.6 Å². The molecular weight excluding hydrogens is 360 g/mol. The molecule has 0 saturated heterocycles. The third-order valence-corrected chi connectivity index (χ3v) is 6.05. The van der Waals surface area contributed by atoms with E-state index >= 15 is 0 Å². The highest BCUT2D eigenvalue weighted by Gasteiger charge is 2.06. The van der Waals surface area contributed by atoms with Crippen LogP contribution in [-0.2, 0) is 5.75 Å². The molecular formula is C16H16N4OS3. The normalized spacial score (nSPS) is 10.5. The second-order valence-corrected chi connectivity index (χ2v) is 7.66. The lowest BCUT2D eigenvalue weighted by Crippen LogP contribution is -2.08. The number of benzene rings is 1. The molecule has 4 N–H and O–H groups in total. The lowest BCUT2D eigenvalue weighted by molar-refractivity contribution is 0.415. The summed E-state index contributed by atoms with van der Waals surface area (Å²) in [5.74, 6) is 1.73. The van der Waals surface area contributed by atoms with Gasteiger partial charge in [-0.3, -0.25) is 5.41 Å². The molecule has 0 atom stereocenters. The number of hydrogen-bond acceptors (Lipinski definition) is 7. The molecule has 0 fully saturated rings. The Balaban J connectivity index is 1.57. The molecule has 8 heteroatoms. The molecule has 0 saturated carbocycles. The maximum atomic E-state index is 7.43. The largest absolute Gasteiger partial charge is 0.497 e. The van der Waals surface area contributed by atoms with Crippen molar-refractivity contribution in [3.8, 4) is 5.75 Å². The van der Waals surface area contributed by atoms with Gasteiger partial charge in [-0.2, -0.15) is 0 Å². The van der Waals surface area contributed by atoms with Crippen molar-refractivity contribution in [2.24, 2.45) is 5.73 Å². The van der Waals surface area contributed by atoms with Crippen molar-refractivity contribution in [3.63, 3.8) is 0 Å². The van der Waals surface area contributed by atoms with Crippen LogP contribution in [0, 0.1) is 5.41 Å². The number of nitrogens with zero attached hydrogens (tertiary/aromatic N) is 1. The molecule has 24 heavy (non-hydrogen) atoms. The number of nitrogens with two attached hydrogens (primary N) is 1. The standard InChI is InChI=1S/C16H16N4OS3/c1-21-12-4-2-10(3-5-12)19-16-20-11(8-24-16)7-22-13-6-14(15(17)18)23-9-13/h2-6,8-9H,7H2,1H3,(H3,17,18)(H,19,20). The highest BCUT2D eigenvalue weighted by Crippen LogP contribution is 2.29. The zero-order chi connectivity index (χ0) is 16.9. The number of thioether (sulfide) groups is 1. The van der Waals surface area contributed by atoms with Crippen molar-refractivity contribution in [2.45, 2.75) is 10.6 Å². The molecule has 0 amide bonds. The fourth-order valence-corrected chi connectivity index (χ4v) is 4.55. The highest BCUT2D eigenvalue weighted by atomic mass is 32.2. The molecule has 0 bridgehead atoms. The molecule has 1 aromatic carbocycles. The Bertz CT molecular complexity index is 826. The predicted molar refractivity (Wildman–Crippen MR) is 103 cm³/mol. The number of thiophene rings is 1. The smallest absolute Gasteiger partial charge is 0.187 e. The number of methoxy groups -OCH3 is 1. The van der Waals surface area contributed by atoms with E-state index in [-0.39, 0.29) is 5.84 Å². The van der Waals surface area contributed by atoms with Gasteiger partial charge in [-0.1, -0.05) is 0 Å². The van der Waals surface area contributed by atoms with E-state index in [9.17, 15) is 0 Å². The second kappa shape index (κ2) is 7.69. The van der Waals surface area contributed by atoms with E-state index in [4.69, 9.17) is 15.9 Å². The van der Waals surface area contributed by atoms with Crippen LogP contribution in [-0.4, -0.2) is 17.9 Å². The zero-order valence-corrected chi connectivity index (χ0v) is 15.4. The van der Waals surface area contributed by atoms with E-state index in [1.807, 2.05) is 35.7 Å². The van der Waals surface area contributed by atoms with E-state index in [1.54, 1.807) is 30.2 Å². The number of nitrogens with one attached hydrogen (secondary N) is 2. The van der Waals surface area contributed by atoms with Crippen LogP contribution < -0.4 is 15.8 Å².